The molecule has 0 saturated carbocycles. The number of carboxylic acid groups (broad SMARTS) is 1. The van der Waals surface area contributed by atoms with Gasteiger partial charge in [-0.25, -0.2) is 4.79 Å². The van der Waals surface area contributed by atoms with Crippen LogP contribution in [-0.2, 0) is 24.0 Å². The molecule has 0 aromatic heterocycles. The lowest BCUT2D eigenvalue weighted by molar-refractivity contribution is -0.143. The Bertz CT molecular complexity index is 717. The highest BCUT2D eigenvalue weighted by Gasteiger charge is 2.30. The van der Waals surface area contributed by atoms with Crippen LogP contribution in [0.25, 0.3) is 0 Å². The lowest BCUT2D eigenvalue weighted by atomic mass is 10.1. The molecule has 4 atom stereocenters. The van der Waals surface area contributed by atoms with Gasteiger partial charge in [-0.3, -0.25) is 24.2 Å². The van der Waals surface area contributed by atoms with Crippen LogP contribution in [0.3, 0.4) is 0 Å². The summed E-state index contributed by atoms with van der Waals surface area (Å²) in [6.45, 7) is -0.539. The molecule has 0 bridgehead atoms. The van der Waals surface area contributed by atoms with E-state index in [1.54, 1.807) is 0 Å². The van der Waals surface area contributed by atoms with Crippen LogP contribution in [0.15, 0.2) is 4.99 Å². The summed E-state index contributed by atoms with van der Waals surface area (Å²) >= 11 is 3.98. The average molecular weight is 479 g/mol. The van der Waals surface area contributed by atoms with Crippen molar-refractivity contribution in [1.29, 1.82) is 0 Å². The number of nitrogens with two attached hydrogens (primary N) is 4. The number of carbonyl (C=O) groups excluding carboxylic acids is 4. The van der Waals surface area contributed by atoms with E-state index in [9.17, 15) is 24.0 Å². The van der Waals surface area contributed by atoms with Crippen molar-refractivity contribution in [2.45, 2.75) is 43.4 Å². The fourth-order valence-corrected chi connectivity index (χ4v) is 2.53. The number of amides is 4. The Labute approximate surface area is 189 Å². The lowest BCUT2D eigenvalue weighted by Crippen LogP contribution is -2.58. The Hall–Kier alpha value is -3.11. The van der Waals surface area contributed by atoms with Gasteiger partial charge in [0.05, 0.1) is 13.0 Å². The number of primary amides is 1. The zero-order chi connectivity index (χ0) is 24.8. The number of aliphatic carboxylic acids is 1. The average Bonchev–Trinajstić information content (AvgIpc) is 2.71. The Morgan fingerprint density at radius 3 is 1.91 bits per heavy atom. The van der Waals surface area contributed by atoms with E-state index in [1.807, 2.05) is 0 Å². The number of nitrogens with one attached hydrogen (secondary N) is 3. The number of carboxylic acids is 1. The third-order valence-electron chi connectivity index (χ3n) is 3.95. The van der Waals surface area contributed by atoms with Gasteiger partial charge in [-0.15, -0.1) is 0 Å². The summed E-state index contributed by atoms with van der Waals surface area (Å²) in [5.41, 5.74) is 20.8. The molecule has 0 rings (SSSR count). The van der Waals surface area contributed by atoms with Crippen LogP contribution in [0, 0.1) is 0 Å². The molecule has 0 fully saturated rings. The van der Waals surface area contributed by atoms with Crippen molar-refractivity contribution in [1.82, 2.24) is 16.0 Å². The minimum Gasteiger partial charge on any atom is -0.480 e. The second-order valence-corrected chi connectivity index (χ2v) is 6.98. The van der Waals surface area contributed by atoms with Gasteiger partial charge in [0.1, 0.15) is 24.2 Å². The Balaban J connectivity index is 5.39. The van der Waals surface area contributed by atoms with E-state index < -0.39 is 66.8 Å². The highest BCUT2D eigenvalue weighted by atomic mass is 32.1. The summed E-state index contributed by atoms with van der Waals surface area (Å²) in [6.07, 6.45) is -0.456. The number of hydrogen-bond donors (Lipinski definition) is 10. The van der Waals surface area contributed by atoms with E-state index in [4.69, 9.17) is 33.1 Å². The number of aliphatic imine (C=N–C) groups is 1. The summed E-state index contributed by atoms with van der Waals surface area (Å²) in [5, 5.41) is 24.9. The van der Waals surface area contributed by atoms with E-state index in [0.717, 1.165) is 0 Å². The fourth-order valence-electron chi connectivity index (χ4n) is 2.27. The number of aliphatic hydroxyl groups excluding tert-OH is 1. The van der Waals surface area contributed by atoms with Gasteiger partial charge in [0.15, 0.2) is 5.96 Å². The van der Waals surface area contributed by atoms with Crippen LogP contribution >= 0.6 is 12.6 Å². The van der Waals surface area contributed by atoms with E-state index in [1.165, 1.54) is 0 Å². The first-order chi connectivity index (χ1) is 14.9. The summed E-state index contributed by atoms with van der Waals surface area (Å²) in [5.74, 6) is -5.35. The first-order valence-electron chi connectivity index (χ1n) is 9.37. The number of nitrogens with zero attached hydrogens (tertiary/aromatic N) is 1. The van der Waals surface area contributed by atoms with Crippen LogP contribution < -0.4 is 38.9 Å². The largest absolute Gasteiger partial charge is 0.480 e. The molecule has 0 heterocycles. The Kier molecular flexibility index (Phi) is 13.4. The van der Waals surface area contributed by atoms with Crippen molar-refractivity contribution in [3.63, 3.8) is 0 Å². The number of thiol groups is 1. The molecule has 0 saturated heterocycles. The number of guanidine groups is 1. The number of carbonyl (C=O) groups is 5. The molecular weight excluding hydrogens is 448 g/mol. The van der Waals surface area contributed by atoms with E-state index >= 15 is 0 Å². The lowest BCUT2D eigenvalue weighted by Gasteiger charge is -2.24. The summed E-state index contributed by atoms with van der Waals surface area (Å²) in [7, 11) is 0. The third kappa shape index (κ3) is 11.3. The molecule has 0 radical (unpaired) electrons. The topological polar surface area (TPSA) is 278 Å². The molecule has 0 spiro atoms. The van der Waals surface area contributed by atoms with Crippen molar-refractivity contribution in [3.05, 3.63) is 0 Å². The highest BCUT2D eigenvalue weighted by Crippen LogP contribution is 2.03. The predicted octanol–water partition coefficient (Wildman–Crippen LogP) is -5.30. The zero-order valence-corrected chi connectivity index (χ0v) is 18.1. The Morgan fingerprint density at radius 2 is 1.44 bits per heavy atom. The minimum atomic E-state index is -1.61. The van der Waals surface area contributed by atoms with Crippen molar-refractivity contribution >= 4 is 48.2 Å². The molecule has 15 nitrogen and oxygen atoms in total. The Morgan fingerprint density at radius 1 is 0.906 bits per heavy atom. The van der Waals surface area contributed by atoms with E-state index in [2.05, 4.69) is 33.6 Å². The maximum absolute atomic E-state index is 12.6. The van der Waals surface area contributed by atoms with Crippen molar-refractivity contribution < 1.29 is 34.2 Å². The molecule has 32 heavy (non-hydrogen) atoms. The third-order valence-corrected chi connectivity index (χ3v) is 4.31. The van der Waals surface area contributed by atoms with Crippen LogP contribution in [0.4, 0.5) is 0 Å². The SMILES string of the molecule is NC(=O)CC(NC(=O)C(CCCN=C(N)N)NC(=O)C(CS)NC(=O)C(N)CO)C(=O)O. The van der Waals surface area contributed by atoms with Gasteiger partial charge in [0.2, 0.25) is 23.6 Å². The molecule has 13 N–H and O–H groups in total. The molecule has 0 aliphatic carbocycles. The van der Waals surface area contributed by atoms with Gasteiger partial charge < -0.3 is 49.1 Å². The second-order valence-electron chi connectivity index (χ2n) is 6.61. The zero-order valence-electron chi connectivity index (χ0n) is 17.2. The fraction of sp³-hybridized carbons (Fsp3) is 0.625. The van der Waals surface area contributed by atoms with Crippen molar-refractivity contribution in [2.75, 3.05) is 18.9 Å². The van der Waals surface area contributed by atoms with E-state index in [0.29, 0.717) is 0 Å². The smallest absolute Gasteiger partial charge is 0.326 e. The first kappa shape index (κ1) is 28.9. The molecule has 4 amide bonds. The minimum absolute atomic E-state index is 0.0132. The highest BCUT2D eigenvalue weighted by molar-refractivity contribution is 7.80. The molecule has 4 unspecified atom stereocenters. The monoisotopic (exact) mass is 478 g/mol. The molecule has 0 aromatic rings. The van der Waals surface area contributed by atoms with Crippen molar-refractivity contribution in [2.24, 2.45) is 27.9 Å². The number of rotatable bonds is 15. The van der Waals surface area contributed by atoms with Crippen LogP contribution in [0.1, 0.15) is 19.3 Å². The molecule has 16 heteroatoms. The van der Waals surface area contributed by atoms with Crippen LogP contribution in [0.2, 0.25) is 0 Å². The van der Waals surface area contributed by atoms with Crippen LogP contribution in [-0.4, -0.2) is 88.8 Å². The van der Waals surface area contributed by atoms with E-state index in [-0.39, 0.29) is 31.1 Å². The normalized spacial score (nSPS) is 14.2. The second kappa shape index (κ2) is 14.8. The summed E-state index contributed by atoms with van der Waals surface area (Å²) in [6, 6.07) is -5.36. The first-order valence-corrected chi connectivity index (χ1v) is 10.0. The van der Waals surface area contributed by atoms with Gasteiger partial charge in [-0.05, 0) is 12.8 Å². The predicted molar refractivity (Wildman–Crippen MR) is 116 cm³/mol. The molecule has 0 aromatic carbocycles. The van der Waals surface area contributed by atoms with Gasteiger partial charge >= 0.3 is 5.97 Å². The maximum atomic E-state index is 12.6. The van der Waals surface area contributed by atoms with Crippen molar-refractivity contribution in [3.8, 4) is 0 Å². The van der Waals surface area contributed by atoms with Gasteiger partial charge in [0, 0.05) is 12.3 Å². The van der Waals surface area contributed by atoms with Gasteiger partial charge in [-0.2, -0.15) is 12.6 Å². The molecule has 182 valence electrons. The number of aliphatic hydroxyl groups is 1. The summed E-state index contributed by atoms with van der Waals surface area (Å²) < 4.78 is 0. The standard InChI is InChI=1S/C16H30N8O7S/c17-7(5-25)12(27)24-10(6-32)14(29)22-8(2-1-3-21-16(19)20)13(28)23-9(15(30)31)4-11(18)26/h7-10,25,32H,1-6,17H2,(H2,18,26)(H,22,29)(H,23,28)(H,24,27)(H,30,31)(H4,19,20,21). The van der Waals surface area contributed by atoms with Gasteiger partial charge in [-0.1, -0.05) is 0 Å². The van der Waals surface area contributed by atoms with Crippen LogP contribution in [0.5, 0.6) is 0 Å². The molecule has 0 aliphatic rings. The molecular formula is C16H30N8O7S. The maximum Gasteiger partial charge on any atom is 0.326 e. The van der Waals surface area contributed by atoms with Gasteiger partial charge in [0.25, 0.3) is 0 Å². The summed E-state index contributed by atoms with van der Waals surface area (Å²) in [4.78, 5) is 63.1. The number of hydrogen-bond acceptors (Lipinski definition) is 9. The molecule has 0 aliphatic heterocycles. The quantitative estimate of drug-likeness (QED) is 0.0461.